The van der Waals surface area contributed by atoms with Crippen LogP contribution in [0.3, 0.4) is 0 Å². The lowest BCUT2D eigenvalue weighted by Crippen LogP contribution is -2.14. The quantitative estimate of drug-likeness (QED) is 0.540. The maximum absolute atomic E-state index is 12.0. The van der Waals surface area contributed by atoms with E-state index in [1.165, 1.54) is 11.8 Å². The van der Waals surface area contributed by atoms with Gasteiger partial charge in [0.15, 0.2) is 0 Å². The highest BCUT2D eigenvalue weighted by Crippen LogP contribution is 2.29. The molecular formula is C15H14Br2N2OS. The second-order valence-electron chi connectivity index (χ2n) is 4.51. The van der Waals surface area contributed by atoms with Crippen LogP contribution in [0.2, 0.25) is 0 Å². The van der Waals surface area contributed by atoms with Crippen LogP contribution in [0, 0.1) is 6.92 Å². The zero-order valence-electron chi connectivity index (χ0n) is 11.3. The first-order valence-electron chi connectivity index (χ1n) is 6.19. The molecule has 0 aliphatic heterocycles. The van der Waals surface area contributed by atoms with Gasteiger partial charge in [-0.25, -0.2) is 0 Å². The molecule has 110 valence electrons. The lowest BCUT2D eigenvalue weighted by atomic mass is 10.2. The molecule has 0 atom stereocenters. The van der Waals surface area contributed by atoms with Crippen LogP contribution in [0.4, 0.5) is 11.4 Å². The van der Waals surface area contributed by atoms with Crippen LogP contribution in [-0.4, -0.2) is 11.7 Å². The van der Waals surface area contributed by atoms with Crippen LogP contribution < -0.4 is 11.1 Å². The Balaban J connectivity index is 1.96. The smallest absolute Gasteiger partial charge is 0.234 e. The van der Waals surface area contributed by atoms with Crippen molar-refractivity contribution in [1.29, 1.82) is 0 Å². The van der Waals surface area contributed by atoms with E-state index in [-0.39, 0.29) is 5.91 Å². The molecule has 0 radical (unpaired) electrons. The highest BCUT2D eigenvalue weighted by Gasteiger charge is 2.08. The zero-order valence-corrected chi connectivity index (χ0v) is 15.3. The van der Waals surface area contributed by atoms with E-state index in [1.54, 1.807) is 0 Å². The van der Waals surface area contributed by atoms with Gasteiger partial charge in [-0.15, -0.1) is 11.8 Å². The Kier molecular flexibility index (Phi) is 5.72. The first kappa shape index (κ1) is 16.4. The number of amides is 1. The summed E-state index contributed by atoms with van der Waals surface area (Å²) >= 11 is 8.35. The molecule has 0 saturated heterocycles. The van der Waals surface area contributed by atoms with Crippen LogP contribution >= 0.6 is 43.6 Å². The van der Waals surface area contributed by atoms with Crippen LogP contribution in [0.15, 0.2) is 50.2 Å². The fourth-order valence-corrected chi connectivity index (χ4v) is 3.74. The van der Waals surface area contributed by atoms with Gasteiger partial charge in [-0.05, 0) is 74.7 Å². The summed E-state index contributed by atoms with van der Waals surface area (Å²) < 4.78 is 1.78. The number of aryl methyl sites for hydroxylation is 1. The third kappa shape index (κ3) is 4.76. The van der Waals surface area contributed by atoms with Gasteiger partial charge in [0, 0.05) is 19.5 Å². The molecule has 0 heterocycles. The minimum absolute atomic E-state index is 0.0479. The van der Waals surface area contributed by atoms with E-state index in [1.807, 2.05) is 43.3 Å². The molecule has 0 unspecified atom stereocenters. The number of nitrogens with two attached hydrogens (primary N) is 1. The molecule has 0 bridgehead atoms. The van der Waals surface area contributed by atoms with Crippen molar-refractivity contribution in [2.75, 3.05) is 16.8 Å². The summed E-state index contributed by atoms with van der Waals surface area (Å²) in [7, 11) is 0. The summed E-state index contributed by atoms with van der Waals surface area (Å²) in [5.41, 5.74) is 8.30. The topological polar surface area (TPSA) is 55.1 Å². The first-order chi connectivity index (χ1) is 9.95. The van der Waals surface area contributed by atoms with Gasteiger partial charge < -0.3 is 11.1 Å². The van der Waals surface area contributed by atoms with Crippen molar-refractivity contribution in [1.82, 2.24) is 0 Å². The fraction of sp³-hybridized carbons (Fsp3) is 0.133. The molecule has 6 heteroatoms. The second kappa shape index (κ2) is 7.33. The minimum Gasteiger partial charge on any atom is -0.399 e. The highest BCUT2D eigenvalue weighted by molar-refractivity contribution is 9.10. The Morgan fingerprint density at radius 3 is 2.62 bits per heavy atom. The molecule has 2 aromatic rings. The predicted molar refractivity (Wildman–Crippen MR) is 96.8 cm³/mol. The summed E-state index contributed by atoms with van der Waals surface area (Å²) in [4.78, 5) is 13.0. The summed E-state index contributed by atoms with van der Waals surface area (Å²) in [5.74, 6) is 0.288. The Morgan fingerprint density at radius 1 is 1.19 bits per heavy atom. The molecule has 0 aromatic heterocycles. The number of anilines is 2. The number of benzene rings is 2. The third-order valence-corrected chi connectivity index (χ3v) is 5.36. The average molecular weight is 430 g/mol. The van der Waals surface area contributed by atoms with Gasteiger partial charge in [-0.2, -0.15) is 0 Å². The van der Waals surface area contributed by atoms with E-state index in [0.717, 1.165) is 25.1 Å². The molecule has 0 fully saturated rings. The number of hydrogen-bond acceptors (Lipinski definition) is 3. The van der Waals surface area contributed by atoms with Crippen molar-refractivity contribution in [3.63, 3.8) is 0 Å². The molecule has 0 aliphatic rings. The molecule has 0 saturated carbocycles. The Morgan fingerprint density at radius 2 is 1.95 bits per heavy atom. The summed E-state index contributed by atoms with van der Waals surface area (Å²) in [6.45, 7) is 2.00. The van der Waals surface area contributed by atoms with Crippen LogP contribution in [0.25, 0.3) is 0 Å². The molecule has 3 N–H and O–H groups in total. The maximum Gasteiger partial charge on any atom is 0.234 e. The van der Waals surface area contributed by atoms with Gasteiger partial charge in [-0.1, -0.05) is 6.07 Å². The van der Waals surface area contributed by atoms with Gasteiger partial charge in [0.1, 0.15) is 0 Å². The van der Waals surface area contributed by atoms with Crippen molar-refractivity contribution in [3.8, 4) is 0 Å². The Hall–Kier alpha value is -0.980. The predicted octanol–water partition coefficient (Wildman–Crippen LogP) is 4.83. The van der Waals surface area contributed by atoms with Crippen molar-refractivity contribution < 1.29 is 4.79 Å². The van der Waals surface area contributed by atoms with Crippen molar-refractivity contribution in [3.05, 3.63) is 50.9 Å². The van der Waals surface area contributed by atoms with Gasteiger partial charge >= 0.3 is 0 Å². The van der Waals surface area contributed by atoms with Crippen molar-refractivity contribution in [2.45, 2.75) is 11.8 Å². The highest BCUT2D eigenvalue weighted by atomic mass is 79.9. The molecule has 1 amide bonds. The molecule has 0 spiro atoms. The number of thioether (sulfide) groups is 1. The normalized spacial score (nSPS) is 10.4. The van der Waals surface area contributed by atoms with Crippen molar-refractivity contribution >= 4 is 60.9 Å². The third-order valence-electron chi connectivity index (χ3n) is 2.71. The summed E-state index contributed by atoms with van der Waals surface area (Å²) in [6, 6.07) is 11.4. The number of nitrogen functional groups attached to an aromatic ring is 1. The van der Waals surface area contributed by atoms with Gasteiger partial charge in [0.05, 0.1) is 11.4 Å². The number of halogens is 2. The molecule has 2 aromatic carbocycles. The van der Waals surface area contributed by atoms with Gasteiger partial charge in [0.2, 0.25) is 5.91 Å². The standard InChI is InChI=1S/C15H14Br2N2OS/c1-9-2-4-13(11(16)6-9)19-15(20)8-21-14-5-3-10(18)7-12(14)17/h2-7H,8,18H2,1H3,(H,19,20). The van der Waals surface area contributed by atoms with E-state index in [2.05, 4.69) is 37.2 Å². The summed E-state index contributed by atoms with van der Waals surface area (Å²) in [6.07, 6.45) is 0. The number of rotatable bonds is 4. The number of hydrogen-bond donors (Lipinski definition) is 2. The first-order valence-corrected chi connectivity index (χ1v) is 8.76. The fourth-order valence-electron chi connectivity index (χ4n) is 1.69. The number of carbonyl (C=O) groups is 1. The lowest BCUT2D eigenvalue weighted by Gasteiger charge is -2.09. The van der Waals surface area contributed by atoms with Crippen LogP contribution in [0.5, 0.6) is 0 Å². The second-order valence-corrected chi connectivity index (χ2v) is 7.24. The van der Waals surface area contributed by atoms with E-state index >= 15 is 0 Å². The Bertz CT molecular complexity index is 677. The molecule has 2 rings (SSSR count). The van der Waals surface area contributed by atoms with E-state index in [9.17, 15) is 4.79 Å². The zero-order chi connectivity index (χ0) is 15.4. The number of carbonyl (C=O) groups excluding carboxylic acids is 1. The number of nitrogens with one attached hydrogen (secondary N) is 1. The van der Waals surface area contributed by atoms with Gasteiger partial charge in [0.25, 0.3) is 0 Å². The van der Waals surface area contributed by atoms with E-state index in [0.29, 0.717) is 11.4 Å². The molecule has 0 aliphatic carbocycles. The molecule has 21 heavy (non-hydrogen) atoms. The van der Waals surface area contributed by atoms with Crippen molar-refractivity contribution in [2.24, 2.45) is 0 Å². The van der Waals surface area contributed by atoms with Crippen LogP contribution in [0.1, 0.15) is 5.56 Å². The Labute approximate surface area is 144 Å². The minimum atomic E-state index is -0.0479. The molecule has 3 nitrogen and oxygen atoms in total. The van der Waals surface area contributed by atoms with Crippen LogP contribution in [-0.2, 0) is 4.79 Å². The lowest BCUT2D eigenvalue weighted by molar-refractivity contribution is -0.113. The van der Waals surface area contributed by atoms with E-state index in [4.69, 9.17) is 5.73 Å². The monoisotopic (exact) mass is 428 g/mol. The maximum atomic E-state index is 12.0. The largest absolute Gasteiger partial charge is 0.399 e. The summed E-state index contributed by atoms with van der Waals surface area (Å²) in [5, 5.41) is 2.89. The van der Waals surface area contributed by atoms with Gasteiger partial charge in [-0.3, -0.25) is 4.79 Å². The SMILES string of the molecule is Cc1ccc(NC(=O)CSc2ccc(N)cc2Br)c(Br)c1. The average Bonchev–Trinajstić information content (AvgIpc) is 2.41. The molecular weight excluding hydrogens is 416 g/mol. The van der Waals surface area contributed by atoms with E-state index < -0.39 is 0 Å².